The molecule has 0 spiro atoms. The fraction of sp³-hybridized carbons (Fsp3) is 0.500. The third-order valence-corrected chi connectivity index (χ3v) is 5.04. The summed E-state index contributed by atoms with van der Waals surface area (Å²) in [5.74, 6) is -0.0141. The van der Waals surface area contributed by atoms with E-state index in [9.17, 15) is 13.2 Å². The van der Waals surface area contributed by atoms with Crippen LogP contribution in [0.5, 0.6) is 0 Å². The molecule has 0 radical (unpaired) electrons. The van der Waals surface area contributed by atoms with Gasteiger partial charge in [-0.05, 0) is 37.1 Å². The molecule has 0 saturated heterocycles. The van der Waals surface area contributed by atoms with Crippen LogP contribution >= 0.6 is 15.9 Å². The molecule has 5 nitrogen and oxygen atoms in total. The smallest absolute Gasteiger partial charge is 0.223 e. The first-order chi connectivity index (χ1) is 9.76. The minimum atomic E-state index is -3.25. The molecule has 1 aromatic carbocycles. The van der Waals surface area contributed by atoms with E-state index >= 15 is 0 Å². The molecule has 118 valence electrons. The monoisotopic (exact) mass is 376 g/mol. The summed E-state index contributed by atoms with van der Waals surface area (Å²) in [5, 5.41) is 0. The van der Waals surface area contributed by atoms with Crippen LogP contribution < -0.4 is 9.62 Å². The van der Waals surface area contributed by atoms with Crippen LogP contribution in [-0.2, 0) is 14.8 Å². The van der Waals surface area contributed by atoms with Gasteiger partial charge in [0.05, 0.1) is 5.75 Å². The molecule has 21 heavy (non-hydrogen) atoms. The maximum atomic E-state index is 11.8. The number of halogens is 1. The average molecular weight is 377 g/mol. The number of benzene rings is 1. The summed E-state index contributed by atoms with van der Waals surface area (Å²) >= 11 is 3.38. The Kier molecular flexibility index (Phi) is 6.83. The van der Waals surface area contributed by atoms with Crippen molar-refractivity contribution >= 4 is 37.5 Å². The van der Waals surface area contributed by atoms with Crippen molar-refractivity contribution in [3.8, 4) is 0 Å². The molecule has 0 aliphatic rings. The molecule has 7 heteroatoms. The van der Waals surface area contributed by atoms with Gasteiger partial charge in [0.25, 0.3) is 0 Å². The molecule has 1 N–H and O–H groups in total. The molecule has 1 aromatic rings. The first-order valence-corrected chi connectivity index (χ1v) is 9.23. The standard InChI is InChI=1S/C14H21BrN2O3S/c1-4-9-21(19,20)16-7-8-17(12(3)18)14-6-5-13(15)10-11(14)2/h5-6,10,16H,4,7-9H2,1-3H3. The summed E-state index contributed by atoms with van der Waals surface area (Å²) in [5.41, 5.74) is 1.75. The Bertz CT molecular complexity index is 602. The molecular weight excluding hydrogens is 356 g/mol. The molecule has 0 aliphatic carbocycles. The number of carbonyl (C=O) groups is 1. The largest absolute Gasteiger partial charge is 0.311 e. The molecule has 0 aromatic heterocycles. The quantitative estimate of drug-likeness (QED) is 0.794. The Morgan fingerprint density at radius 2 is 2.05 bits per heavy atom. The van der Waals surface area contributed by atoms with Gasteiger partial charge in [-0.1, -0.05) is 22.9 Å². The summed E-state index contributed by atoms with van der Waals surface area (Å²) in [7, 11) is -3.25. The van der Waals surface area contributed by atoms with E-state index in [0.29, 0.717) is 13.0 Å². The van der Waals surface area contributed by atoms with E-state index in [4.69, 9.17) is 0 Å². The normalized spacial score (nSPS) is 11.4. The number of sulfonamides is 1. The van der Waals surface area contributed by atoms with Crippen LogP contribution in [0.2, 0.25) is 0 Å². The van der Waals surface area contributed by atoms with Gasteiger partial charge < -0.3 is 4.90 Å². The average Bonchev–Trinajstić information content (AvgIpc) is 2.35. The SMILES string of the molecule is CCCS(=O)(=O)NCCN(C(C)=O)c1ccc(Br)cc1C. The molecule has 1 amide bonds. The van der Waals surface area contributed by atoms with E-state index in [1.54, 1.807) is 4.90 Å². The predicted octanol–water partition coefficient (Wildman–Crippen LogP) is 2.44. The highest BCUT2D eigenvalue weighted by Crippen LogP contribution is 2.23. The van der Waals surface area contributed by atoms with Crippen molar-refractivity contribution in [2.24, 2.45) is 0 Å². The predicted molar refractivity (Wildman–Crippen MR) is 89.0 cm³/mol. The van der Waals surface area contributed by atoms with Gasteiger partial charge in [0.2, 0.25) is 15.9 Å². The Morgan fingerprint density at radius 3 is 2.57 bits per heavy atom. The fourth-order valence-corrected chi connectivity index (χ4v) is 3.58. The van der Waals surface area contributed by atoms with Crippen molar-refractivity contribution < 1.29 is 13.2 Å². The van der Waals surface area contributed by atoms with E-state index in [-0.39, 0.29) is 18.2 Å². The Morgan fingerprint density at radius 1 is 1.38 bits per heavy atom. The maximum absolute atomic E-state index is 11.8. The molecule has 0 fully saturated rings. The molecular formula is C14H21BrN2O3S. The van der Waals surface area contributed by atoms with Crippen LogP contribution in [0, 0.1) is 6.92 Å². The summed E-state index contributed by atoms with van der Waals surface area (Å²) in [6, 6.07) is 5.63. The van der Waals surface area contributed by atoms with Crippen LogP contribution in [0.3, 0.4) is 0 Å². The van der Waals surface area contributed by atoms with Crippen molar-refractivity contribution in [3.63, 3.8) is 0 Å². The molecule has 0 atom stereocenters. The lowest BCUT2D eigenvalue weighted by Gasteiger charge is -2.23. The Hall–Kier alpha value is -0.920. The van der Waals surface area contributed by atoms with Crippen molar-refractivity contribution in [1.29, 1.82) is 0 Å². The highest BCUT2D eigenvalue weighted by atomic mass is 79.9. The van der Waals surface area contributed by atoms with Crippen molar-refractivity contribution in [2.45, 2.75) is 27.2 Å². The van der Waals surface area contributed by atoms with Gasteiger partial charge in [0, 0.05) is 30.2 Å². The van der Waals surface area contributed by atoms with Crippen LogP contribution in [0.25, 0.3) is 0 Å². The summed E-state index contributed by atoms with van der Waals surface area (Å²) in [6.07, 6.45) is 0.567. The molecule has 0 aliphatic heterocycles. The number of nitrogens with one attached hydrogen (secondary N) is 1. The second-order valence-corrected chi connectivity index (χ2v) is 7.66. The maximum Gasteiger partial charge on any atom is 0.223 e. The van der Waals surface area contributed by atoms with Gasteiger partial charge >= 0.3 is 0 Å². The first kappa shape index (κ1) is 18.1. The van der Waals surface area contributed by atoms with Crippen molar-refractivity contribution in [1.82, 2.24) is 4.72 Å². The van der Waals surface area contributed by atoms with Gasteiger partial charge in [-0.15, -0.1) is 0 Å². The summed E-state index contributed by atoms with van der Waals surface area (Å²) in [6.45, 7) is 5.71. The third kappa shape index (κ3) is 5.76. The van der Waals surface area contributed by atoms with Crippen LogP contribution in [-0.4, -0.2) is 33.2 Å². The minimum Gasteiger partial charge on any atom is -0.311 e. The zero-order chi connectivity index (χ0) is 16.0. The molecule has 0 heterocycles. The van der Waals surface area contributed by atoms with Gasteiger partial charge in [-0.25, -0.2) is 13.1 Å². The van der Waals surface area contributed by atoms with E-state index < -0.39 is 10.0 Å². The van der Waals surface area contributed by atoms with Crippen molar-refractivity contribution in [3.05, 3.63) is 28.2 Å². The number of anilines is 1. The second-order valence-electron chi connectivity index (χ2n) is 4.81. The van der Waals surface area contributed by atoms with E-state index in [1.807, 2.05) is 32.0 Å². The number of rotatable bonds is 7. The second kappa shape index (κ2) is 7.91. The van der Waals surface area contributed by atoms with Crippen LogP contribution in [0.15, 0.2) is 22.7 Å². The van der Waals surface area contributed by atoms with Crippen LogP contribution in [0.4, 0.5) is 5.69 Å². The number of carbonyl (C=O) groups excluding carboxylic acids is 1. The lowest BCUT2D eigenvalue weighted by molar-refractivity contribution is -0.116. The van der Waals surface area contributed by atoms with Gasteiger partial charge in [0.15, 0.2) is 0 Å². The van der Waals surface area contributed by atoms with E-state index in [1.165, 1.54) is 6.92 Å². The minimum absolute atomic E-state index is 0.102. The number of hydrogen-bond donors (Lipinski definition) is 1. The van der Waals surface area contributed by atoms with Gasteiger partial charge in [0.1, 0.15) is 0 Å². The number of amides is 1. The third-order valence-electron chi connectivity index (χ3n) is 2.96. The number of hydrogen-bond acceptors (Lipinski definition) is 3. The first-order valence-electron chi connectivity index (χ1n) is 6.78. The van der Waals surface area contributed by atoms with E-state index in [2.05, 4.69) is 20.7 Å². The van der Waals surface area contributed by atoms with Crippen LogP contribution in [0.1, 0.15) is 25.8 Å². The lowest BCUT2D eigenvalue weighted by Crippen LogP contribution is -2.38. The summed E-state index contributed by atoms with van der Waals surface area (Å²) in [4.78, 5) is 13.4. The topological polar surface area (TPSA) is 66.5 Å². The molecule has 0 bridgehead atoms. The highest BCUT2D eigenvalue weighted by molar-refractivity contribution is 9.10. The highest BCUT2D eigenvalue weighted by Gasteiger charge is 2.15. The molecule has 0 unspecified atom stereocenters. The fourth-order valence-electron chi connectivity index (χ4n) is 2.02. The zero-order valence-electron chi connectivity index (χ0n) is 12.5. The number of nitrogens with zero attached hydrogens (tertiary/aromatic N) is 1. The summed E-state index contributed by atoms with van der Waals surface area (Å²) < 4.78 is 26.7. The van der Waals surface area contributed by atoms with Crippen molar-refractivity contribution in [2.75, 3.05) is 23.7 Å². The van der Waals surface area contributed by atoms with Gasteiger partial charge in [-0.3, -0.25) is 4.79 Å². The zero-order valence-corrected chi connectivity index (χ0v) is 14.9. The molecule has 1 rings (SSSR count). The van der Waals surface area contributed by atoms with E-state index in [0.717, 1.165) is 15.7 Å². The Labute approximate surface area is 134 Å². The lowest BCUT2D eigenvalue weighted by atomic mass is 10.2. The Balaban J connectivity index is 2.78. The number of aryl methyl sites for hydroxylation is 1. The van der Waals surface area contributed by atoms with Gasteiger partial charge in [-0.2, -0.15) is 0 Å². The molecule has 0 saturated carbocycles.